The van der Waals surface area contributed by atoms with Crippen molar-refractivity contribution in [3.63, 3.8) is 0 Å². The first-order chi connectivity index (χ1) is 13.3. The standard InChI is InChI=1S/C18H21N7O2/c26-18-9-12-10-27-8-7-15(12)22-25(18)14-3-1-13(2-4-14)20-16-5-6-17-21-19-11-24(17)23-16/h5-6,9,11,13-14H,1-4,7-8,10H2,(H,20,23). The molecule has 5 rings (SSSR count). The van der Waals surface area contributed by atoms with E-state index < -0.39 is 0 Å². The molecule has 1 fully saturated rings. The van der Waals surface area contributed by atoms with E-state index >= 15 is 0 Å². The number of nitrogens with one attached hydrogen (secondary N) is 1. The molecule has 1 aliphatic carbocycles. The summed E-state index contributed by atoms with van der Waals surface area (Å²) in [6, 6.07) is 6.02. The molecular weight excluding hydrogens is 346 g/mol. The van der Waals surface area contributed by atoms with Crippen LogP contribution in [0.15, 0.2) is 29.3 Å². The van der Waals surface area contributed by atoms with Gasteiger partial charge in [-0.2, -0.15) is 9.61 Å². The molecule has 140 valence electrons. The molecule has 9 nitrogen and oxygen atoms in total. The van der Waals surface area contributed by atoms with Gasteiger partial charge in [0, 0.05) is 24.1 Å². The second-order valence-electron chi connectivity index (χ2n) is 7.20. The van der Waals surface area contributed by atoms with Crippen LogP contribution in [0.1, 0.15) is 43.0 Å². The van der Waals surface area contributed by atoms with Crippen molar-refractivity contribution < 1.29 is 4.74 Å². The fraction of sp³-hybridized carbons (Fsp3) is 0.500. The van der Waals surface area contributed by atoms with Gasteiger partial charge in [-0.25, -0.2) is 4.68 Å². The maximum Gasteiger partial charge on any atom is 0.267 e. The summed E-state index contributed by atoms with van der Waals surface area (Å²) >= 11 is 0. The van der Waals surface area contributed by atoms with Crippen LogP contribution in [0.25, 0.3) is 5.65 Å². The van der Waals surface area contributed by atoms with E-state index in [0.717, 1.165) is 54.8 Å². The molecule has 0 unspecified atom stereocenters. The zero-order valence-corrected chi connectivity index (χ0v) is 14.9. The van der Waals surface area contributed by atoms with E-state index in [-0.39, 0.29) is 11.6 Å². The average molecular weight is 367 g/mol. The molecule has 0 bridgehead atoms. The fourth-order valence-electron chi connectivity index (χ4n) is 3.97. The number of anilines is 1. The average Bonchev–Trinajstić information content (AvgIpc) is 3.16. The number of ether oxygens (including phenoxy) is 1. The molecule has 3 aromatic rings. The third-order valence-corrected chi connectivity index (χ3v) is 5.42. The summed E-state index contributed by atoms with van der Waals surface area (Å²) in [5, 5.41) is 20.4. The molecule has 3 aromatic heterocycles. The van der Waals surface area contributed by atoms with Crippen LogP contribution in [-0.4, -0.2) is 42.2 Å². The van der Waals surface area contributed by atoms with Crippen LogP contribution in [0.2, 0.25) is 0 Å². The Morgan fingerprint density at radius 3 is 2.93 bits per heavy atom. The van der Waals surface area contributed by atoms with Crippen molar-refractivity contribution >= 4 is 11.5 Å². The second-order valence-corrected chi connectivity index (χ2v) is 7.20. The van der Waals surface area contributed by atoms with Crippen LogP contribution in [0.4, 0.5) is 5.82 Å². The molecule has 0 amide bonds. The van der Waals surface area contributed by atoms with Gasteiger partial charge in [0.05, 0.1) is 24.9 Å². The van der Waals surface area contributed by atoms with Crippen molar-refractivity contribution in [3.8, 4) is 0 Å². The Morgan fingerprint density at radius 1 is 1.15 bits per heavy atom. The van der Waals surface area contributed by atoms with E-state index in [2.05, 4.69) is 25.7 Å². The van der Waals surface area contributed by atoms with Crippen molar-refractivity contribution in [2.75, 3.05) is 11.9 Å². The SMILES string of the molecule is O=c1cc2c(nn1C1CCC(Nc3ccc4nncn4n3)CC1)CCOC2. The minimum atomic E-state index is -0.0182. The van der Waals surface area contributed by atoms with Crippen molar-refractivity contribution in [2.24, 2.45) is 0 Å². The first kappa shape index (κ1) is 16.4. The number of fused-ring (bicyclic) bond motifs is 2. The predicted octanol–water partition coefficient (Wildman–Crippen LogP) is 1.35. The topological polar surface area (TPSA) is 99.2 Å². The van der Waals surface area contributed by atoms with Gasteiger partial charge in [0.25, 0.3) is 5.56 Å². The molecule has 0 aromatic carbocycles. The Kier molecular flexibility index (Phi) is 4.08. The maximum absolute atomic E-state index is 12.5. The normalized spacial score (nSPS) is 22.5. The minimum Gasteiger partial charge on any atom is -0.376 e. The minimum absolute atomic E-state index is 0.0182. The monoisotopic (exact) mass is 367 g/mol. The molecule has 1 saturated carbocycles. The summed E-state index contributed by atoms with van der Waals surface area (Å²) < 4.78 is 8.77. The second kappa shape index (κ2) is 6.73. The number of hydrogen-bond acceptors (Lipinski definition) is 7. The van der Waals surface area contributed by atoms with Crippen LogP contribution in [-0.2, 0) is 17.8 Å². The molecule has 1 aliphatic heterocycles. The van der Waals surface area contributed by atoms with Gasteiger partial charge in [-0.3, -0.25) is 4.79 Å². The molecule has 2 aliphatic rings. The lowest BCUT2D eigenvalue weighted by Gasteiger charge is -2.30. The largest absolute Gasteiger partial charge is 0.376 e. The Morgan fingerprint density at radius 2 is 2.04 bits per heavy atom. The molecule has 1 N–H and O–H groups in total. The number of hydrogen-bond donors (Lipinski definition) is 1. The van der Waals surface area contributed by atoms with Gasteiger partial charge >= 0.3 is 0 Å². The lowest BCUT2D eigenvalue weighted by atomic mass is 9.91. The lowest BCUT2D eigenvalue weighted by Crippen LogP contribution is -2.35. The van der Waals surface area contributed by atoms with Crippen LogP contribution in [0.3, 0.4) is 0 Å². The summed E-state index contributed by atoms with van der Waals surface area (Å²) in [5.41, 5.74) is 2.66. The Balaban J connectivity index is 1.26. The van der Waals surface area contributed by atoms with Crippen molar-refractivity contribution in [2.45, 2.75) is 50.8 Å². The van der Waals surface area contributed by atoms with Crippen LogP contribution in [0.5, 0.6) is 0 Å². The van der Waals surface area contributed by atoms with Crippen molar-refractivity contribution in [1.82, 2.24) is 29.6 Å². The summed E-state index contributed by atoms with van der Waals surface area (Å²) in [6.07, 6.45) is 6.17. The van der Waals surface area contributed by atoms with Gasteiger partial charge in [-0.05, 0) is 37.8 Å². The highest BCUT2D eigenvalue weighted by Gasteiger charge is 2.25. The zero-order chi connectivity index (χ0) is 18.2. The van der Waals surface area contributed by atoms with Gasteiger partial charge in [-0.15, -0.1) is 15.3 Å². The highest BCUT2D eigenvalue weighted by atomic mass is 16.5. The fourth-order valence-corrected chi connectivity index (χ4v) is 3.97. The molecule has 0 atom stereocenters. The van der Waals surface area contributed by atoms with Gasteiger partial charge in [-0.1, -0.05) is 0 Å². The summed E-state index contributed by atoms with van der Waals surface area (Å²) in [4.78, 5) is 12.5. The van der Waals surface area contributed by atoms with Crippen molar-refractivity contribution in [3.05, 3.63) is 46.1 Å². The molecule has 0 radical (unpaired) electrons. The van der Waals surface area contributed by atoms with Gasteiger partial charge < -0.3 is 10.1 Å². The van der Waals surface area contributed by atoms with E-state index in [1.165, 1.54) is 0 Å². The molecule has 4 heterocycles. The smallest absolute Gasteiger partial charge is 0.267 e. The molecular formula is C18H21N7O2. The molecule has 27 heavy (non-hydrogen) atoms. The van der Waals surface area contributed by atoms with Crippen LogP contribution in [0, 0.1) is 0 Å². The molecule has 0 spiro atoms. The van der Waals surface area contributed by atoms with E-state index in [9.17, 15) is 4.79 Å². The van der Waals surface area contributed by atoms with E-state index in [4.69, 9.17) is 4.74 Å². The summed E-state index contributed by atoms with van der Waals surface area (Å²) in [7, 11) is 0. The molecule has 0 saturated heterocycles. The third kappa shape index (κ3) is 3.18. The summed E-state index contributed by atoms with van der Waals surface area (Å²) in [6.45, 7) is 1.18. The highest BCUT2D eigenvalue weighted by Crippen LogP contribution is 2.29. The Hall–Kier alpha value is -2.81. The Labute approximate surface area is 155 Å². The third-order valence-electron chi connectivity index (χ3n) is 5.42. The van der Waals surface area contributed by atoms with Crippen LogP contribution >= 0.6 is 0 Å². The first-order valence-electron chi connectivity index (χ1n) is 9.39. The molecule has 9 heteroatoms. The maximum atomic E-state index is 12.5. The van der Waals surface area contributed by atoms with Gasteiger partial charge in [0.1, 0.15) is 12.1 Å². The predicted molar refractivity (Wildman–Crippen MR) is 97.6 cm³/mol. The van der Waals surface area contributed by atoms with Gasteiger partial charge in [0.2, 0.25) is 0 Å². The van der Waals surface area contributed by atoms with E-state index in [1.54, 1.807) is 21.6 Å². The van der Waals surface area contributed by atoms with Gasteiger partial charge in [0.15, 0.2) is 5.65 Å². The number of rotatable bonds is 3. The quantitative estimate of drug-likeness (QED) is 0.746. The highest BCUT2D eigenvalue weighted by molar-refractivity contribution is 5.43. The van der Waals surface area contributed by atoms with Crippen molar-refractivity contribution in [1.29, 1.82) is 0 Å². The number of aromatic nitrogens is 6. The van der Waals surface area contributed by atoms with E-state index in [1.807, 2.05) is 12.1 Å². The zero-order valence-electron chi connectivity index (χ0n) is 14.9. The lowest BCUT2D eigenvalue weighted by molar-refractivity contribution is 0.107. The van der Waals surface area contributed by atoms with E-state index in [0.29, 0.717) is 19.3 Å². The van der Waals surface area contributed by atoms with Crippen LogP contribution < -0.4 is 10.9 Å². The summed E-state index contributed by atoms with van der Waals surface area (Å²) in [5.74, 6) is 0.815. The Bertz CT molecular complexity index is 1020. The number of nitrogens with zero attached hydrogens (tertiary/aromatic N) is 6. The first-order valence-corrected chi connectivity index (χ1v) is 9.39.